The molecule has 4 nitrogen and oxygen atoms in total. The lowest BCUT2D eigenvalue weighted by Gasteiger charge is -2.29. The van der Waals surface area contributed by atoms with E-state index in [0.717, 1.165) is 45.4 Å². The van der Waals surface area contributed by atoms with Crippen LogP contribution in [0, 0.1) is 5.92 Å². The largest absolute Gasteiger partial charge is 0.378 e. The molecule has 2 rings (SSSR count). The number of nitrogens with one attached hydrogen (secondary N) is 1. The maximum atomic E-state index is 11.9. The monoisotopic (exact) mass is 248 g/mol. The van der Waals surface area contributed by atoms with Crippen LogP contribution in [0.2, 0.25) is 0 Å². The van der Waals surface area contributed by atoms with Crippen molar-refractivity contribution in [3.63, 3.8) is 0 Å². The van der Waals surface area contributed by atoms with Gasteiger partial charge in [-0.1, -0.05) is 0 Å². The molecule has 0 bridgehead atoms. The topological polar surface area (TPSA) is 41.6 Å². The number of hydrogen-bond donors (Lipinski definition) is 1. The first-order valence-electron chi connectivity index (χ1n) is 5.92. The van der Waals surface area contributed by atoms with Gasteiger partial charge in [0.25, 0.3) is 0 Å². The zero-order chi connectivity index (χ0) is 10.5. The Morgan fingerprint density at radius 1 is 1.25 bits per heavy atom. The molecule has 5 heteroatoms. The van der Waals surface area contributed by atoms with Gasteiger partial charge < -0.3 is 15.0 Å². The first kappa shape index (κ1) is 13.7. The van der Waals surface area contributed by atoms with Crippen molar-refractivity contribution in [3.8, 4) is 0 Å². The van der Waals surface area contributed by atoms with E-state index in [4.69, 9.17) is 4.74 Å². The molecule has 2 aliphatic heterocycles. The van der Waals surface area contributed by atoms with Gasteiger partial charge in [-0.15, -0.1) is 12.4 Å². The number of halogens is 1. The normalized spacial score (nSPS) is 22.6. The fourth-order valence-corrected chi connectivity index (χ4v) is 2.27. The number of nitrogens with zero attached hydrogens (tertiary/aromatic N) is 1. The molecule has 94 valence electrons. The summed E-state index contributed by atoms with van der Waals surface area (Å²) in [5.41, 5.74) is 0. The van der Waals surface area contributed by atoms with Crippen molar-refractivity contribution in [2.24, 2.45) is 5.92 Å². The van der Waals surface area contributed by atoms with Crippen molar-refractivity contribution in [2.75, 3.05) is 39.4 Å². The van der Waals surface area contributed by atoms with E-state index in [2.05, 4.69) is 5.32 Å². The fraction of sp³-hybridized carbons (Fsp3) is 0.909. The number of hydrogen-bond acceptors (Lipinski definition) is 3. The number of rotatable bonds is 2. The van der Waals surface area contributed by atoms with Crippen molar-refractivity contribution < 1.29 is 9.53 Å². The highest BCUT2D eigenvalue weighted by atomic mass is 35.5. The molecule has 2 fully saturated rings. The Hall–Kier alpha value is -0.320. The third-order valence-electron chi connectivity index (χ3n) is 3.29. The van der Waals surface area contributed by atoms with Gasteiger partial charge in [-0.2, -0.15) is 0 Å². The molecule has 2 heterocycles. The summed E-state index contributed by atoms with van der Waals surface area (Å²) in [6.07, 6.45) is 3.04. The van der Waals surface area contributed by atoms with E-state index in [-0.39, 0.29) is 12.4 Å². The zero-order valence-electron chi connectivity index (χ0n) is 9.61. The minimum absolute atomic E-state index is 0. The molecule has 16 heavy (non-hydrogen) atoms. The second-order valence-electron chi connectivity index (χ2n) is 4.39. The van der Waals surface area contributed by atoms with Crippen LogP contribution in [0.15, 0.2) is 0 Å². The van der Waals surface area contributed by atoms with Crippen LogP contribution in [0.3, 0.4) is 0 Å². The van der Waals surface area contributed by atoms with E-state index in [1.807, 2.05) is 4.90 Å². The number of ether oxygens (including phenoxy) is 1. The van der Waals surface area contributed by atoms with Gasteiger partial charge in [-0.05, 0) is 31.8 Å². The summed E-state index contributed by atoms with van der Waals surface area (Å²) in [6, 6.07) is 0. The Balaban J connectivity index is 0.00000128. The van der Waals surface area contributed by atoms with Gasteiger partial charge in [0.2, 0.25) is 5.91 Å². The van der Waals surface area contributed by atoms with E-state index in [1.165, 1.54) is 0 Å². The average Bonchev–Trinajstić information content (AvgIpc) is 2.31. The summed E-state index contributed by atoms with van der Waals surface area (Å²) in [7, 11) is 0. The number of carbonyl (C=O) groups is 1. The van der Waals surface area contributed by atoms with Crippen LogP contribution < -0.4 is 5.32 Å². The Morgan fingerprint density at radius 3 is 2.50 bits per heavy atom. The Bertz CT molecular complexity index is 214. The maximum Gasteiger partial charge on any atom is 0.223 e. The molecule has 0 aromatic carbocycles. The maximum absolute atomic E-state index is 11.9. The van der Waals surface area contributed by atoms with Gasteiger partial charge in [-0.25, -0.2) is 0 Å². The summed E-state index contributed by atoms with van der Waals surface area (Å²) < 4.78 is 5.24. The van der Waals surface area contributed by atoms with Crippen LogP contribution in [0.4, 0.5) is 0 Å². The molecule has 0 saturated carbocycles. The summed E-state index contributed by atoms with van der Waals surface area (Å²) in [6.45, 7) is 5.12. The SMILES string of the molecule is Cl.O=C(CC1CCNCC1)N1CCOCC1. The van der Waals surface area contributed by atoms with E-state index < -0.39 is 0 Å². The smallest absolute Gasteiger partial charge is 0.223 e. The molecule has 1 amide bonds. The van der Waals surface area contributed by atoms with E-state index in [9.17, 15) is 4.79 Å². The summed E-state index contributed by atoms with van der Waals surface area (Å²) in [5.74, 6) is 0.923. The van der Waals surface area contributed by atoms with E-state index in [0.29, 0.717) is 25.0 Å². The van der Waals surface area contributed by atoms with Gasteiger partial charge in [0, 0.05) is 19.5 Å². The standard InChI is InChI=1S/C11H20N2O2.ClH/c14-11(13-5-7-15-8-6-13)9-10-1-3-12-4-2-10;/h10,12H,1-9H2;1H. The molecule has 0 radical (unpaired) electrons. The van der Waals surface area contributed by atoms with Crippen molar-refractivity contribution in [1.82, 2.24) is 10.2 Å². The van der Waals surface area contributed by atoms with Crippen LogP contribution in [0.1, 0.15) is 19.3 Å². The first-order valence-corrected chi connectivity index (χ1v) is 5.92. The summed E-state index contributed by atoms with van der Waals surface area (Å²) in [4.78, 5) is 13.9. The molecular weight excluding hydrogens is 228 g/mol. The number of amides is 1. The van der Waals surface area contributed by atoms with Crippen LogP contribution in [-0.4, -0.2) is 50.2 Å². The molecule has 1 N–H and O–H groups in total. The molecule has 2 aliphatic rings. The Labute approximate surface area is 103 Å². The Kier molecular flexibility index (Phi) is 6.09. The quantitative estimate of drug-likeness (QED) is 0.781. The second kappa shape index (κ2) is 7.09. The van der Waals surface area contributed by atoms with Crippen LogP contribution in [0.25, 0.3) is 0 Å². The molecule has 0 atom stereocenters. The van der Waals surface area contributed by atoms with Crippen molar-refractivity contribution in [3.05, 3.63) is 0 Å². The summed E-state index contributed by atoms with van der Waals surface area (Å²) in [5, 5.41) is 3.32. The zero-order valence-corrected chi connectivity index (χ0v) is 10.4. The highest BCUT2D eigenvalue weighted by molar-refractivity contribution is 5.85. The van der Waals surface area contributed by atoms with Gasteiger partial charge in [-0.3, -0.25) is 4.79 Å². The van der Waals surface area contributed by atoms with Crippen LogP contribution in [0.5, 0.6) is 0 Å². The lowest BCUT2D eigenvalue weighted by atomic mass is 9.94. The number of carbonyl (C=O) groups excluding carboxylic acids is 1. The number of morpholine rings is 1. The van der Waals surface area contributed by atoms with Crippen molar-refractivity contribution >= 4 is 18.3 Å². The molecule has 2 saturated heterocycles. The third kappa shape index (κ3) is 3.92. The molecule has 0 spiro atoms. The van der Waals surface area contributed by atoms with Crippen LogP contribution >= 0.6 is 12.4 Å². The van der Waals surface area contributed by atoms with Crippen molar-refractivity contribution in [2.45, 2.75) is 19.3 Å². The lowest BCUT2D eigenvalue weighted by molar-refractivity contribution is -0.136. The fourth-order valence-electron chi connectivity index (χ4n) is 2.27. The minimum Gasteiger partial charge on any atom is -0.378 e. The first-order chi connectivity index (χ1) is 7.36. The molecule has 0 aromatic heterocycles. The highest BCUT2D eigenvalue weighted by Gasteiger charge is 2.21. The summed E-state index contributed by atoms with van der Waals surface area (Å²) >= 11 is 0. The molecule has 0 unspecified atom stereocenters. The van der Waals surface area contributed by atoms with Gasteiger partial charge in [0.1, 0.15) is 0 Å². The van der Waals surface area contributed by atoms with Crippen molar-refractivity contribution in [1.29, 1.82) is 0 Å². The van der Waals surface area contributed by atoms with E-state index >= 15 is 0 Å². The molecule has 0 aliphatic carbocycles. The Morgan fingerprint density at radius 2 is 1.88 bits per heavy atom. The minimum atomic E-state index is 0. The highest BCUT2D eigenvalue weighted by Crippen LogP contribution is 2.17. The van der Waals surface area contributed by atoms with Crippen LogP contribution in [-0.2, 0) is 9.53 Å². The average molecular weight is 249 g/mol. The number of piperidine rings is 1. The second-order valence-corrected chi connectivity index (χ2v) is 4.39. The predicted molar refractivity (Wildman–Crippen MR) is 64.9 cm³/mol. The lowest BCUT2D eigenvalue weighted by Crippen LogP contribution is -2.42. The molecule has 0 aromatic rings. The van der Waals surface area contributed by atoms with Gasteiger partial charge in [0.15, 0.2) is 0 Å². The predicted octanol–water partition coefficient (Wildman–Crippen LogP) is 0.657. The van der Waals surface area contributed by atoms with Gasteiger partial charge >= 0.3 is 0 Å². The van der Waals surface area contributed by atoms with E-state index in [1.54, 1.807) is 0 Å². The van der Waals surface area contributed by atoms with Gasteiger partial charge in [0.05, 0.1) is 13.2 Å². The molecular formula is C11H21ClN2O2. The third-order valence-corrected chi connectivity index (χ3v) is 3.29.